The summed E-state index contributed by atoms with van der Waals surface area (Å²) >= 11 is 0. The van der Waals surface area contributed by atoms with Gasteiger partial charge < -0.3 is 15.2 Å². The van der Waals surface area contributed by atoms with E-state index in [1.807, 2.05) is 0 Å². The van der Waals surface area contributed by atoms with E-state index >= 15 is 0 Å². The molecule has 104 valence electrons. The lowest BCUT2D eigenvalue weighted by Gasteiger charge is -2.05. The highest BCUT2D eigenvalue weighted by molar-refractivity contribution is 6.07. The Morgan fingerprint density at radius 1 is 1.10 bits per heavy atom. The first kappa shape index (κ1) is 12.8. The van der Waals surface area contributed by atoms with Crippen LogP contribution < -0.4 is 5.43 Å². The minimum Gasteiger partial charge on any atom is -0.478 e. The third kappa shape index (κ3) is 1.91. The van der Waals surface area contributed by atoms with E-state index in [1.54, 1.807) is 6.07 Å². The maximum atomic E-state index is 12.1. The van der Waals surface area contributed by atoms with Crippen molar-refractivity contribution < 1.29 is 19.8 Å². The Balaban J connectivity index is 2.45. The molecule has 0 amide bonds. The molecule has 3 N–H and O–H groups in total. The molecule has 0 bridgehead atoms. The largest absolute Gasteiger partial charge is 0.478 e. The number of aromatic amines is 1. The van der Waals surface area contributed by atoms with Gasteiger partial charge in [0.1, 0.15) is 5.56 Å². The minimum absolute atomic E-state index is 0.0200. The van der Waals surface area contributed by atoms with E-state index in [0.717, 1.165) is 6.20 Å². The zero-order chi connectivity index (χ0) is 15.1. The average molecular weight is 284 g/mol. The summed E-state index contributed by atoms with van der Waals surface area (Å²) < 4.78 is 0. The van der Waals surface area contributed by atoms with Gasteiger partial charge in [0.05, 0.1) is 11.1 Å². The first-order valence-electron chi connectivity index (χ1n) is 5.90. The van der Waals surface area contributed by atoms with Crippen molar-refractivity contribution in [2.24, 2.45) is 0 Å². The Kier molecular flexibility index (Phi) is 2.69. The van der Waals surface area contributed by atoms with Crippen molar-refractivity contribution in [3.8, 4) is 0 Å². The number of aromatic carboxylic acids is 2. The van der Waals surface area contributed by atoms with Crippen LogP contribution in [-0.4, -0.2) is 32.1 Å². The monoisotopic (exact) mass is 284 g/mol. The molecule has 3 rings (SSSR count). The Labute approximate surface area is 116 Å². The van der Waals surface area contributed by atoms with Crippen LogP contribution in [-0.2, 0) is 0 Å². The molecule has 3 aromatic rings. The minimum atomic E-state index is -1.35. The summed E-state index contributed by atoms with van der Waals surface area (Å²) in [6, 6.07) is 4.44. The van der Waals surface area contributed by atoms with Gasteiger partial charge in [0.2, 0.25) is 5.43 Å². The van der Waals surface area contributed by atoms with E-state index in [9.17, 15) is 14.4 Å². The third-order valence-electron chi connectivity index (χ3n) is 3.19. The smallest absolute Gasteiger partial charge is 0.341 e. The highest BCUT2D eigenvalue weighted by Crippen LogP contribution is 2.21. The Morgan fingerprint density at radius 2 is 1.86 bits per heavy atom. The van der Waals surface area contributed by atoms with Crippen molar-refractivity contribution >= 4 is 33.7 Å². The van der Waals surface area contributed by atoms with Crippen molar-refractivity contribution in [2.75, 3.05) is 0 Å². The fraction of sp³-hybridized carbons (Fsp3) is 0. The molecule has 21 heavy (non-hydrogen) atoms. The number of pyridine rings is 2. The van der Waals surface area contributed by atoms with Crippen molar-refractivity contribution in [1.29, 1.82) is 0 Å². The average Bonchev–Trinajstić information content (AvgIpc) is 2.46. The Hall–Kier alpha value is -3.22. The first-order valence-corrected chi connectivity index (χ1v) is 5.90. The van der Waals surface area contributed by atoms with Gasteiger partial charge in [-0.3, -0.25) is 9.78 Å². The molecule has 7 nitrogen and oxygen atoms in total. The van der Waals surface area contributed by atoms with Crippen LogP contribution in [0.25, 0.3) is 21.8 Å². The number of carbonyl (C=O) groups is 2. The zero-order valence-electron chi connectivity index (χ0n) is 10.5. The van der Waals surface area contributed by atoms with Crippen LogP contribution in [0.1, 0.15) is 20.7 Å². The summed E-state index contributed by atoms with van der Waals surface area (Å²) in [6.45, 7) is 0. The van der Waals surface area contributed by atoms with Crippen LogP contribution in [0.2, 0.25) is 0 Å². The molecule has 0 radical (unpaired) electrons. The fourth-order valence-corrected chi connectivity index (χ4v) is 2.16. The SMILES string of the molecule is O=C(O)c1c[nH]c2ccc3c(=O)c(C(=O)O)cnc3c2c1. The summed E-state index contributed by atoms with van der Waals surface area (Å²) in [5.74, 6) is -2.46. The molecule has 0 unspecified atom stereocenters. The van der Waals surface area contributed by atoms with Crippen LogP contribution in [0.3, 0.4) is 0 Å². The second-order valence-corrected chi connectivity index (χ2v) is 4.42. The van der Waals surface area contributed by atoms with Gasteiger partial charge in [0.15, 0.2) is 0 Å². The van der Waals surface area contributed by atoms with E-state index in [-0.39, 0.29) is 16.5 Å². The van der Waals surface area contributed by atoms with Gasteiger partial charge in [0.25, 0.3) is 0 Å². The van der Waals surface area contributed by atoms with Gasteiger partial charge >= 0.3 is 11.9 Å². The van der Waals surface area contributed by atoms with E-state index in [1.165, 1.54) is 18.3 Å². The number of nitrogens with zero attached hydrogens (tertiary/aromatic N) is 1. The number of hydrogen-bond donors (Lipinski definition) is 3. The summed E-state index contributed by atoms with van der Waals surface area (Å²) in [6.07, 6.45) is 2.32. The molecule has 2 heterocycles. The highest BCUT2D eigenvalue weighted by Gasteiger charge is 2.14. The summed E-state index contributed by atoms with van der Waals surface area (Å²) in [4.78, 5) is 40.9. The van der Waals surface area contributed by atoms with Crippen molar-refractivity contribution in [3.63, 3.8) is 0 Å². The summed E-state index contributed by atoms with van der Waals surface area (Å²) in [7, 11) is 0. The third-order valence-corrected chi connectivity index (χ3v) is 3.19. The lowest BCUT2D eigenvalue weighted by Crippen LogP contribution is -2.15. The molecule has 0 aliphatic rings. The molecule has 0 atom stereocenters. The molecule has 7 heteroatoms. The number of carboxylic acids is 2. The molecule has 1 aromatic carbocycles. The molecule has 0 fully saturated rings. The molecule has 0 spiro atoms. The standard InChI is InChI=1S/C14H8N2O5/c17-12-7-1-2-10-8(3-6(4-15-10)13(18)19)11(7)16-5-9(12)14(20)21/h1-5,15H,(H,18,19)(H,20,21). The van der Waals surface area contributed by atoms with Crippen LogP contribution in [0, 0.1) is 0 Å². The molecular formula is C14H8N2O5. The molecule has 0 saturated carbocycles. The van der Waals surface area contributed by atoms with Crippen LogP contribution >= 0.6 is 0 Å². The van der Waals surface area contributed by atoms with Gasteiger partial charge in [-0.15, -0.1) is 0 Å². The normalized spacial score (nSPS) is 10.9. The maximum Gasteiger partial charge on any atom is 0.341 e. The summed E-state index contributed by atoms with van der Waals surface area (Å²) in [5.41, 5.74) is -0.175. The first-order chi connectivity index (χ1) is 9.99. The van der Waals surface area contributed by atoms with E-state index < -0.39 is 22.9 Å². The van der Waals surface area contributed by atoms with Crippen molar-refractivity contribution in [3.05, 3.63) is 51.9 Å². The topological polar surface area (TPSA) is 120 Å². The van der Waals surface area contributed by atoms with E-state index in [2.05, 4.69) is 9.97 Å². The van der Waals surface area contributed by atoms with Gasteiger partial charge in [-0.25, -0.2) is 9.59 Å². The second-order valence-electron chi connectivity index (χ2n) is 4.42. The second kappa shape index (κ2) is 4.41. The van der Waals surface area contributed by atoms with E-state index in [0.29, 0.717) is 10.9 Å². The van der Waals surface area contributed by atoms with Gasteiger partial charge in [0, 0.05) is 28.7 Å². The quantitative estimate of drug-likeness (QED) is 0.613. The number of benzene rings is 1. The zero-order valence-corrected chi connectivity index (χ0v) is 10.5. The molecule has 0 aliphatic carbocycles. The van der Waals surface area contributed by atoms with Crippen molar-refractivity contribution in [2.45, 2.75) is 0 Å². The molecule has 2 aromatic heterocycles. The van der Waals surface area contributed by atoms with Gasteiger partial charge in [-0.1, -0.05) is 0 Å². The lowest BCUT2D eigenvalue weighted by atomic mass is 10.1. The number of hydrogen-bond acceptors (Lipinski definition) is 4. The van der Waals surface area contributed by atoms with Gasteiger partial charge in [-0.2, -0.15) is 0 Å². The molecule has 0 saturated heterocycles. The Bertz CT molecular complexity index is 974. The summed E-state index contributed by atoms with van der Waals surface area (Å²) in [5, 5.41) is 18.5. The number of nitrogens with one attached hydrogen (secondary N) is 1. The van der Waals surface area contributed by atoms with Crippen LogP contribution in [0.4, 0.5) is 0 Å². The fourth-order valence-electron chi connectivity index (χ4n) is 2.16. The lowest BCUT2D eigenvalue weighted by molar-refractivity contribution is 0.0685. The Morgan fingerprint density at radius 3 is 2.52 bits per heavy atom. The number of H-pyrrole nitrogens is 1. The number of aromatic nitrogens is 2. The van der Waals surface area contributed by atoms with Crippen LogP contribution in [0.15, 0.2) is 35.4 Å². The molecule has 0 aliphatic heterocycles. The predicted molar refractivity (Wildman–Crippen MR) is 73.8 cm³/mol. The maximum absolute atomic E-state index is 12.1. The number of fused-ring (bicyclic) bond motifs is 3. The predicted octanol–water partition coefficient (Wildman–Crippen LogP) is 1.47. The van der Waals surface area contributed by atoms with Crippen molar-refractivity contribution in [1.82, 2.24) is 9.97 Å². The highest BCUT2D eigenvalue weighted by atomic mass is 16.4. The van der Waals surface area contributed by atoms with E-state index in [4.69, 9.17) is 10.2 Å². The molecular weight excluding hydrogens is 276 g/mol. The number of rotatable bonds is 2. The van der Waals surface area contributed by atoms with Gasteiger partial charge in [-0.05, 0) is 18.2 Å². The number of carboxylic acid groups (broad SMARTS) is 2. The van der Waals surface area contributed by atoms with Crippen LogP contribution in [0.5, 0.6) is 0 Å².